The summed E-state index contributed by atoms with van der Waals surface area (Å²) in [5.41, 5.74) is -1.24. The van der Waals surface area contributed by atoms with E-state index in [9.17, 15) is 38.2 Å². The van der Waals surface area contributed by atoms with Crippen molar-refractivity contribution >= 4 is 50.3 Å². The Balaban J connectivity index is 1.91. The largest absolute Gasteiger partial charge is 0.350 e. The van der Waals surface area contributed by atoms with E-state index in [-0.39, 0.29) is 29.2 Å². The minimum atomic E-state index is -4.37. The highest BCUT2D eigenvalue weighted by Gasteiger charge is 2.26. The molecule has 0 atom stereocenters. The normalized spacial score (nSPS) is 10.9. The number of nitrogens with one attached hydrogen (secondary N) is 3. The van der Waals surface area contributed by atoms with Gasteiger partial charge in [-0.2, -0.15) is 0 Å². The van der Waals surface area contributed by atoms with Gasteiger partial charge in [0.05, 0.1) is 15.5 Å². The lowest BCUT2D eigenvalue weighted by atomic mass is 10.1. The quantitative estimate of drug-likeness (QED) is 0.159. The van der Waals surface area contributed by atoms with Crippen LogP contribution in [0.15, 0.2) is 71.6 Å². The molecule has 3 N–H and O–H groups in total. The number of unbranched alkanes of at least 4 members (excludes halogenated alkanes) is 2. The van der Waals surface area contributed by atoms with Crippen LogP contribution in [0.3, 0.4) is 0 Å². The van der Waals surface area contributed by atoms with E-state index in [2.05, 4.69) is 10.6 Å². The highest BCUT2D eigenvalue weighted by Crippen LogP contribution is 2.31. The fourth-order valence-electron chi connectivity index (χ4n) is 3.63. The van der Waals surface area contributed by atoms with Gasteiger partial charge in [0.25, 0.3) is 27.3 Å². The minimum absolute atomic E-state index is 0.00710. The topological polar surface area (TPSA) is 191 Å². The van der Waals surface area contributed by atoms with Crippen molar-refractivity contribution in [1.29, 1.82) is 0 Å². The summed E-state index contributed by atoms with van der Waals surface area (Å²) in [4.78, 5) is 46.4. The van der Waals surface area contributed by atoms with Crippen molar-refractivity contribution in [3.63, 3.8) is 0 Å². The number of amides is 2. The maximum Gasteiger partial charge on any atom is 0.292 e. The number of benzene rings is 3. The SMILES string of the molecule is CCCCCC(=O)NS(=O)(=O)c1ccccc1NC(=O)c1cc(Nc2ccccc2[N+](=O)[O-])ccc1[N+](=O)[O-]. The number of hydrogen-bond acceptors (Lipinski definition) is 9. The Labute approximate surface area is 223 Å². The first kappa shape index (κ1) is 28.7. The summed E-state index contributed by atoms with van der Waals surface area (Å²) in [7, 11) is -4.37. The summed E-state index contributed by atoms with van der Waals surface area (Å²) in [5, 5.41) is 28.1. The van der Waals surface area contributed by atoms with Gasteiger partial charge >= 0.3 is 0 Å². The lowest BCUT2D eigenvalue weighted by Gasteiger charge is -2.13. The molecule has 204 valence electrons. The van der Waals surface area contributed by atoms with Crippen LogP contribution in [0.2, 0.25) is 0 Å². The van der Waals surface area contributed by atoms with Crippen molar-refractivity contribution in [2.24, 2.45) is 0 Å². The van der Waals surface area contributed by atoms with E-state index in [1.54, 1.807) is 6.07 Å². The second kappa shape index (κ2) is 12.6. The number of sulfonamides is 1. The molecule has 3 aromatic rings. The second-order valence-corrected chi connectivity index (χ2v) is 9.98. The van der Waals surface area contributed by atoms with E-state index in [0.29, 0.717) is 6.42 Å². The maximum absolute atomic E-state index is 13.2. The van der Waals surface area contributed by atoms with Gasteiger partial charge in [0, 0.05) is 24.2 Å². The van der Waals surface area contributed by atoms with Gasteiger partial charge in [0.15, 0.2) is 0 Å². The van der Waals surface area contributed by atoms with Gasteiger partial charge in [-0.15, -0.1) is 0 Å². The van der Waals surface area contributed by atoms with Crippen LogP contribution in [-0.4, -0.2) is 30.1 Å². The van der Waals surface area contributed by atoms with Gasteiger partial charge in [-0.3, -0.25) is 29.8 Å². The first-order valence-corrected chi connectivity index (χ1v) is 13.3. The number of carbonyl (C=O) groups excluding carboxylic acids is 2. The lowest BCUT2D eigenvalue weighted by molar-refractivity contribution is -0.385. The van der Waals surface area contributed by atoms with Crippen molar-refractivity contribution in [1.82, 2.24) is 4.72 Å². The first-order valence-electron chi connectivity index (χ1n) is 11.8. The minimum Gasteiger partial charge on any atom is -0.350 e. The maximum atomic E-state index is 13.2. The molecule has 0 saturated carbocycles. The average molecular weight is 556 g/mol. The van der Waals surface area contributed by atoms with Gasteiger partial charge < -0.3 is 10.6 Å². The zero-order valence-electron chi connectivity index (χ0n) is 20.7. The van der Waals surface area contributed by atoms with Crippen LogP contribution in [-0.2, 0) is 14.8 Å². The van der Waals surface area contributed by atoms with E-state index in [1.807, 2.05) is 11.6 Å². The van der Waals surface area contributed by atoms with Crippen LogP contribution in [0.1, 0.15) is 43.0 Å². The Morgan fingerprint density at radius 3 is 2.15 bits per heavy atom. The number of anilines is 3. The first-order chi connectivity index (χ1) is 18.5. The molecular weight excluding hydrogens is 530 g/mol. The molecule has 3 rings (SSSR count). The summed E-state index contributed by atoms with van der Waals surface area (Å²) >= 11 is 0. The monoisotopic (exact) mass is 555 g/mol. The average Bonchev–Trinajstić information content (AvgIpc) is 2.88. The van der Waals surface area contributed by atoms with Crippen molar-refractivity contribution in [2.75, 3.05) is 10.6 Å². The molecule has 0 unspecified atom stereocenters. The van der Waals surface area contributed by atoms with Gasteiger partial charge in [0.1, 0.15) is 16.1 Å². The molecule has 0 spiro atoms. The predicted octanol–water partition coefficient (Wildman–Crippen LogP) is 4.88. The Bertz CT molecular complexity index is 1520. The molecule has 0 aliphatic carbocycles. The number of nitro benzene ring substituents is 2. The van der Waals surface area contributed by atoms with Crippen molar-refractivity contribution in [2.45, 2.75) is 37.5 Å². The molecule has 13 nitrogen and oxygen atoms in total. The van der Waals surface area contributed by atoms with Crippen molar-refractivity contribution in [3.8, 4) is 0 Å². The third-order valence-corrected chi connectivity index (χ3v) is 6.93. The molecule has 2 amide bonds. The zero-order valence-corrected chi connectivity index (χ0v) is 21.6. The van der Waals surface area contributed by atoms with E-state index < -0.39 is 47.8 Å². The fourth-order valence-corrected chi connectivity index (χ4v) is 4.81. The summed E-state index contributed by atoms with van der Waals surface area (Å²) in [5.74, 6) is -1.71. The van der Waals surface area contributed by atoms with Gasteiger partial charge in [0.2, 0.25) is 5.91 Å². The fraction of sp³-hybridized carbons (Fsp3) is 0.200. The van der Waals surface area contributed by atoms with Crippen LogP contribution in [0, 0.1) is 20.2 Å². The molecule has 0 aromatic heterocycles. The molecule has 0 aliphatic heterocycles. The Morgan fingerprint density at radius 2 is 1.49 bits per heavy atom. The standard InChI is InChI=1S/C25H25N5O8S/c1-2-3-4-13-24(31)28-39(37,38)23-12-8-6-10-20(23)27-25(32)18-16-17(14-15-21(18)29(33)34)26-19-9-5-7-11-22(19)30(35)36/h5-12,14-16,26H,2-4,13H2,1H3,(H,27,32)(H,28,31). The van der Waals surface area contributed by atoms with E-state index in [1.165, 1.54) is 48.5 Å². The molecule has 0 bridgehead atoms. The van der Waals surface area contributed by atoms with E-state index in [4.69, 9.17) is 0 Å². The third kappa shape index (κ3) is 7.35. The van der Waals surface area contributed by atoms with Crippen LogP contribution in [0.4, 0.5) is 28.4 Å². The predicted molar refractivity (Wildman–Crippen MR) is 143 cm³/mol. The smallest absolute Gasteiger partial charge is 0.292 e. The summed E-state index contributed by atoms with van der Waals surface area (Å²) < 4.78 is 27.7. The molecule has 0 saturated heterocycles. The summed E-state index contributed by atoms with van der Waals surface area (Å²) in [6, 6.07) is 14.4. The highest BCUT2D eigenvalue weighted by molar-refractivity contribution is 7.90. The molecular formula is C25H25N5O8S. The molecule has 0 heterocycles. The van der Waals surface area contributed by atoms with Crippen molar-refractivity contribution < 1.29 is 27.9 Å². The van der Waals surface area contributed by atoms with Crippen LogP contribution < -0.4 is 15.4 Å². The molecule has 14 heteroatoms. The molecule has 0 fully saturated rings. The van der Waals surface area contributed by atoms with Crippen molar-refractivity contribution in [3.05, 3.63) is 92.5 Å². The third-order valence-electron chi connectivity index (χ3n) is 5.50. The number of para-hydroxylation sites is 3. The van der Waals surface area contributed by atoms with Crippen LogP contribution >= 0.6 is 0 Å². The number of nitro groups is 2. The number of rotatable bonds is 12. The molecule has 39 heavy (non-hydrogen) atoms. The summed E-state index contributed by atoms with van der Waals surface area (Å²) in [6.45, 7) is 1.94. The number of hydrogen-bond donors (Lipinski definition) is 3. The second-order valence-electron chi connectivity index (χ2n) is 8.32. The van der Waals surface area contributed by atoms with Gasteiger partial charge in [-0.05, 0) is 36.8 Å². The van der Waals surface area contributed by atoms with E-state index in [0.717, 1.165) is 25.0 Å². The summed E-state index contributed by atoms with van der Waals surface area (Å²) in [6.07, 6.45) is 2.12. The molecule has 3 aromatic carbocycles. The highest BCUT2D eigenvalue weighted by atomic mass is 32.2. The van der Waals surface area contributed by atoms with Crippen LogP contribution in [0.25, 0.3) is 0 Å². The zero-order chi connectivity index (χ0) is 28.6. The molecule has 0 radical (unpaired) electrons. The number of nitrogens with zero attached hydrogens (tertiary/aromatic N) is 2. The van der Waals surface area contributed by atoms with E-state index >= 15 is 0 Å². The Morgan fingerprint density at radius 1 is 0.846 bits per heavy atom. The Kier molecular flexibility index (Phi) is 9.28. The van der Waals surface area contributed by atoms with Gasteiger partial charge in [-0.25, -0.2) is 13.1 Å². The van der Waals surface area contributed by atoms with Crippen LogP contribution in [0.5, 0.6) is 0 Å². The number of carbonyl (C=O) groups is 2. The molecule has 0 aliphatic rings. The van der Waals surface area contributed by atoms with Gasteiger partial charge in [-0.1, -0.05) is 44.0 Å². The lowest BCUT2D eigenvalue weighted by Crippen LogP contribution is -2.31. The Hall–Kier alpha value is -4.85.